The van der Waals surface area contributed by atoms with Crippen LogP contribution in [0.5, 0.6) is 0 Å². The summed E-state index contributed by atoms with van der Waals surface area (Å²) in [6, 6.07) is 12.5. The Balaban J connectivity index is 0.000000861. The van der Waals surface area contributed by atoms with Crippen molar-refractivity contribution in [2.45, 2.75) is 27.7 Å². The summed E-state index contributed by atoms with van der Waals surface area (Å²) in [5.41, 5.74) is 12.7. The molecule has 0 saturated heterocycles. The van der Waals surface area contributed by atoms with Crippen LogP contribution in [-0.4, -0.2) is 7.05 Å². The lowest BCUT2D eigenvalue weighted by Gasteiger charge is -2.11. The highest BCUT2D eigenvalue weighted by Gasteiger charge is 2.05. The van der Waals surface area contributed by atoms with Gasteiger partial charge in [0.2, 0.25) is 0 Å². The zero-order valence-corrected chi connectivity index (χ0v) is 12.5. The van der Waals surface area contributed by atoms with Crippen LogP contribution in [0.25, 0.3) is 11.1 Å². The van der Waals surface area contributed by atoms with Crippen molar-refractivity contribution < 1.29 is 0 Å². The molecular weight excluding hydrogens is 232 g/mol. The lowest BCUT2D eigenvalue weighted by Crippen LogP contribution is -1.93. The van der Waals surface area contributed by atoms with E-state index in [1.54, 1.807) is 0 Å². The third kappa shape index (κ3) is 3.50. The molecule has 0 radical (unpaired) electrons. The molecule has 0 spiro atoms. The van der Waals surface area contributed by atoms with Crippen molar-refractivity contribution in [2.24, 2.45) is 0 Å². The zero-order valence-electron chi connectivity index (χ0n) is 12.5. The maximum absolute atomic E-state index is 5.78. The lowest BCUT2D eigenvalue weighted by atomic mass is 9.96. The monoisotopic (exact) mass is 256 g/mol. The normalized spacial score (nSPS) is 9.53. The first kappa shape index (κ1) is 15.1. The molecule has 3 N–H and O–H groups in total. The number of hydrogen-bond donors (Lipinski definition) is 2. The van der Waals surface area contributed by atoms with Crippen LogP contribution < -0.4 is 11.1 Å². The molecule has 2 nitrogen and oxygen atoms in total. The van der Waals surface area contributed by atoms with Gasteiger partial charge in [-0.3, -0.25) is 0 Å². The standard InChI is InChI=1S/C15H18N2.C2H6/c1-10-8-12(16)4-6-14(10)15-7-5-13(17-3)9-11(15)2;1-2/h4-9,17H,16H2,1-3H3;1-2H3. The Kier molecular flexibility index (Phi) is 5.43. The predicted octanol–water partition coefficient (Wildman–Crippen LogP) is 4.62. The Morgan fingerprint density at radius 3 is 1.84 bits per heavy atom. The van der Waals surface area contributed by atoms with Gasteiger partial charge in [-0.05, 0) is 60.4 Å². The number of rotatable bonds is 2. The SMILES string of the molecule is CC.CNc1ccc(-c2ccc(N)cc2C)c(C)c1. The number of benzene rings is 2. The fourth-order valence-electron chi connectivity index (χ4n) is 2.11. The van der Waals surface area contributed by atoms with E-state index in [0.717, 1.165) is 11.4 Å². The highest BCUT2D eigenvalue weighted by atomic mass is 14.8. The molecule has 0 heterocycles. The van der Waals surface area contributed by atoms with Crippen molar-refractivity contribution in [3.05, 3.63) is 47.5 Å². The van der Waals surface area contributed by atoms with E-state index in [-0.39, 0.29) is 0 Å². The van der Waals surface area contributed by atoms with Gasteiger partial charge in [-0.25, -0.2) is 0 Å². The molecule has 102 valence electrons. The van der Waals surface area contributed by atoms with Gasteiger partial charge in [0.15, 0.2) is 0 Å². The van der Waals surface area contributed by atoms with E-state index in [4.69, 9.17) is 5.73 Å². The van der Waals surface area contributed by atoms with Crippen LogP contribution >= 0.6 is 0 Å². The van der Waals surface area contributed by atoms with Gasteiger partial charge in [-0.1, -0.05) is 26.0 Å². The molecule has 0 aromatic heterocycles. The van der Waals surface area contributed by atoms with Gasteiger partial charge < -0.3 is 11.1 Å². The Labute approximate surface area is 116 Å². The van der Waals surface area contributed by atoms with Crippen molar-refractivity contribution in [3.8, 4) is 11.1 Å². The molecule has 0 unspecified atom stereocenters. The van der Waals surface area contributed by atoms with Crippen molar-refractivity contribution in [1.82, 2.24) is 0 Å². The number of nitrogen functional groups attached to an aromatic ring is 1. The fourth-order valence-corrected chi connectivity index (χ4v) is 2.11. The largest absolute Gasteiger partial charge is 0.399 e. The number of anilines is 2. The molecule has 0 aliphatic rings. The zero-order chi connectivity index (χ0) is 14.4. The third-order valence-corrected chi connectivity index (χ3v) is 3.06. The molecule has 0 aliphatic carbocycles. The molecular formula is C17H24N2. The molecule has 0 saturated carbocycles. The van der Waals surface area contributed by atoms with Gasteiger partial charge in [0, 0.05) is 18.4 Å². The van der Waals surface area contributed by atoms with Gasteiger partial charge in [0.05, 0.1) is 0 Å². The van der Waals surface area contributed by atoms with Gasteiger partial charge in [-0.2, -0.15) is 0 Å². The maximum Gasteiger partial charge on any atom is 0.0340 e. The van der Waals surface area contributed by atoms with Crippen LogP contribution in [-0.2, 0) is 0 Å². The van der Waals surface area contributed by atoms with E-state index in [9.17, 15) is 0 Å². The molecule has 0 bridgehead atoms. The van der Waals surface area contributed by atoms with Crippen molar-refractivity contribution in [2.75, 3.05) is 18.1 Å². The molecule has 0 amide bonds. The van der Waals surface area contributed by atoms with E-state index in [0.29, 0.717) is 0 Å². The molecule has 0 atom stereocenters. The summed E-state index contributed by atoms with van der Waals surface area (Å²) in [6.45, 7) is 8.23. The summed E-state index contributed by atoms with van der Waals surface area (Å²) in [5.74, 6) is 0. The smallest absolute Gasteiger partial charge is 0.0340 e. The Bertz CT molecular complexity index is 545. The number of hydrogen-bond acceptors (Lipinski definition) is 2. The highest BCUT2D eigenvalue weighted by molar-refractivity contribution is 5.74. The number of nitrogens with one attached hydrogen (secondary N) is 1. The van der Waals surface area contributed by atoms with Crippen LogP contribution in [0.3, 0.4) is 0 Å². The quantitative estimate of drug-likeness (QED) is 0.769. The van der Waals surface area contributed by atoms with E-state index >= 15 is 0 Å². The first-order valence-corrected chi connectivity index (χ1v) is 6.76. The van der Waals surface area contributed by atoms with Crippen LogP contribution in [0.2, 0.25) is 0 Å². The second-order valence-electron chi connectivity index (χ2n) is 4.35. The predicted molar refractivity (Wildman–Crippen MR) is 86.7 cm³/mol. The summed E-state index contributed by atoms with van der Waals surface area (Å²) >= 11 is 0. The fraction of sp³-hybridized carbons (Fsp3) is 0.294. The van der Waals surface area contributed by atoms with Crippen molar-refractivity contribution in [3.63, 3.8) is 0 Å². The Morgan fingerprint density at radius 2 is 1.37 bits per heavy atom. The van der Waals surface area contributed by atoms with Gasteiger partial charge in [-0.15, -0.1) is 0 Å². The van der Waals surface area contributed by atoms with Crippen LogP contribution in [0.15, 0.2) is 36.4 Å². The lowest BCUT2D eigenvalue weighted by molar-refractivity contribution is 1.39. The van der Waals surface area contributed by atoms with Gasteiger partial charge >= 0.3 is 0 Å². The molecule has 2 heteroatoms. The van der Waals surface area contributed by atoms with E-state index in [1.165, 1.54) is 22.3 Å². The minimum Gasteiger partial charge on any atom is -0.399 e. The van der Waals surface area contributed by atoms with Crippen LogP contribution in [0.4, 0.5) is 11.4 Å². The molecule has 2 aromatic rings. The summed E-state index contributed by atoms with van der Waals surface area (Å²) in [4.78, 5) is 0. The van der Waals surface area contributed by atoms with Gasteiger partial charge in [0.25, 0.3) is 0 Å². The summed E-state index contributed by atoms with van der Waals surface area (Å²) < 4.78 is 0. The average molecular weight is 256 g/mol. The minimum absolute atomic E-state index is 0.816. The van der Waals surface area contributed by atoms with Gasteiger partial charge in [0.1, 0.15) is 0 Å². The maximum atomic E-state index is 5.78. The van der Waals surface area contributed by atoms with E-state index in [1.807, 2.05) is 33.0 Å². The molecule has 19 heavy (non-hydrogen) atoms. The molecule has 2 rings (SSSR count). The second-order valence-corrected chi connectivity index (χ2v) is 4.35. The summed E-state index contributed by atoms with van der Waals surface area (Å²) in [6.07, 6.45) is 0. The topological polar surface area (TPSA) is 38.0 Å². The molecule has 2 aromatic carbocycles. The number of aryl methyl sites for hydroxylation is 2. The minimum atomic E-state index is 0.816. The highest BCUT2D eigenvalue weighted by Crippen LogP contribution is 2.29. The first-order valence-electron chi connectivity index (χ1n) is 6.76. The third-order valence-electron chi connectivity index (χ3n) is 3.06. The summed E-state index contributed by atoms with van der Waals surface area (Å²) in [5, 5.41) is 3.15. The van der Waals surface area contributed by atoms with E-state index in [2.05, 4.69) is 43.4 Å². The molecule has 0 aliphatic heterocycles. The van der Waals surface area contributed by atoms with Crippen molar-refractivity contribution in [1.29, 1.82) is 0 Å². The summed E-state index contributed by atoms with van der Waals surface area (Å²) in [7, 11) is 1.93. The average Bonchev–Trinajstić information content (AvgIpc) is 2.42. The second kappa shape index (κ2) is 6.83. The first-order chi connectivity index (χ1) is 9.11. The number of nitrogens with two attached hydrogens (primary N) is 1. The van der Waals surface area contributed by atoms with Crippen molar-refractivity contribution >= 4 is 11.4 Å². The Morgan fingerprint density at radius 1 is 0.842 bits per heavy atom. The Hall–Kier alpha value is -1.96. The van der Waals surface area contributed by atoms with E-state index < -0.39 is 0 Å². The van der Waals surface area contributed by atoms with Crippen LogP contribution in [0, 0.1) is 13.8 Å². The molecule has 0 fully saturated rings. The van der Waals surface area contributed by atoms with Crippen LogP contribution in [0.1, 0.15) is 25.0 Å².